The molecule has 7 heteroatoms. The molecule has 0 aromatic heterocycles. The number of nitrogens with two attached hydrogens (primary N) is 1. The van der Waals surface area contributed by atoms with Gasteiger partial charge in [0.1, 0.15) is 0 Å². The standard InChI is InChI=1S/C11H14BrN3O2.ClH/c1-7-4-8(12)2-3-9(7)15-11(17)6-14-10(16)5-13;/h2-4H,5-6,13H2,1H3,(H,14,16)(H,15,17);1H. The van der Waals surface area contributed by atoms with E-state index in [2.05, 4.69) is 26.6 Å². The number of hydrogen-bond donors (Lipinski definition) is 3. The summed E-state index contributed by atoms with van der Waals surface area (Å²) in [7, 11) is 0. The van der Waals surface area contributed by atoms with Crippen LogP contribution in [0.3, 0.4) is 0 Å². The van der Waals surface area contributed by atoms with Crippen LogP contribution in [0, 0.1) is 6.92 Å². The second kappa shape index (κ2) is 8.07. The Hall–Kier alpha value is -1.11. The number of carbonyl (C=O) groups is 2. The molecule has 0 aliphatic heterocycles. The van der Waals surface area contributed by atoms with Crippen LogP contribution in [0.5, 0.6) is 0 Å². The fourth-order valence-electron chi connectivity index (χ4n) is 1.21. The maximum atomic E-state index is 11.5. The minimum absolute atomic E-state index is 0. The summed E-state index contributed by atoms with van der Waals surface area (Å²) in [6, 6.07) is 5.53. The molecule has 0 unspecified atom stereocenters. The molecular weight excluding hydrogens is 321 g/mol. The lowest BCUT2D eigenvalue weighted by molar-refractivity contribution is -0.123. The van der Waals surface area contributed by atoms with Gasteiger partial charge in [-0.1, -0.05) is 15.9 Å². The molecule has 100 valence electrons. The van der Waals surface area contributed by atoms with Crippen molar-refractivity contribution in [2.75, 3.05) is 18.4 Å². The van der Waals surface area contributed by atoms with E-state index < -0.39 is 0 Å². The lowest BCUT2D eigenvalue weighted by Crippen LogP contribution is -2.36. The lowest BCUT2D eigenvalue weighted by atomic mass is 10.2. The molecule has 0 atom stereocenters. The quantitative estimate of drug-likeness (QED) is 0.772. The van der Waals surface area contributed by atoms with Crippen LogP contribution in [0.4, 0.5) is 5.69 Å². The molecule has 0 fully saturated rings. The van der Waals surface area contributed by atoms with Crippen LogP contribution >= 0.6 is 28.3 Å². The van der Waals surface area contributed by atoms with Crippen molar-refractivity contribution in [1.82, 2.24) is 5.32 Å². The van der Waals surface area contributed by atoms with Crippen molar-refractivity contribution in [1.29, 1.82) is 0 Å². The SMILES string of the molecule is Cc1cc(Br)ccc1NC(=O)CNC(=O)CN.Cl. The molecule has 0 saturated heterocycles. The largest absolute Gasteiger partial charge is 0.346 e. The van der Waals surface area contributed by atoms with Gasteiger partial charge in [0.05, 0.1) is 13.1 Å². The van der Waals surface area contributed by atoms with Crippen LogP contribution < -0.4 is 16.4 Å². The summed E-state index contributed by atoms with van der Waals surface area (Å²) >= 11 is 3.34. The van der Waals surface area contributed by atoms with Crippen LogP contribution in [0.1, 0.15) is 5.56 Å². The van der Waals surface area contributed by atoms with E-state index in [9.17, 15) is 9.59 Å². The highest BCUT2D eigenvalue weighted by Crippen LogP contribution is 2.19. The van der Waals surface area contributed by atoms with E-state index in [1.54, 1.807) is 6.07 Å². The van der Waals surface area contributed by atoms with Crippen LogP contribution in [0.25, 0.3) is 0 Å². The van der Waals surface area contributed by atoms with Crippen molar-refractivity contribution in [3.8, 4) is 0 Å². The molecule has 0 aliphatic rings. The molecule has 4 N–H and O–H groups in total. The molecule has 0 heterocycles. The minimum atomic E-state index is -0.354. The number of anilines is 1. The van der Waals surface area contributed by atoms with Crippen LogP contribution in [-0.2, 0) is 9.59 Å². The maximum Gasteiger partial charge on any atom is 0.243 e. The number of rotatable bonds is 4. The Labute approximate surface area is 120 Å². The zero-order chi connectivity index (χ0) is 12.8. The number of carbonyl (C=O) groups excluding carboxylic acids is 2. The fourth-order valence-corrected chi connectivity index (χ4v) is 1.69. The van der Waals surface area contributed by atoms with Gasteiger partial charge in [0.15, 0.2) is 0 Å². The van der Waals surface area contributed by atoms with Gasteiger partial charge in [-0.3, -0.25) is 9.59 Å². The summed E-state index contributed by atoms with van der Waals surface area (Å²) in [6.45, 7) is 1.69. The Kier molecular flexibility index (Phi) is 7.58. The maximum absolute atomic E-state index is 11.5. The molecule has 18 heavy (non-hydrogen) atoms. The van der Waals surface area contributed by atoms with E-state index in [0.717, 1.165) is 15.7 Å². The molecule has 1 aromatic rings. The molecule has 1 aromatic carbocycles. The molecule has 2 amide bonds. The molecule has 1 rings (SSSR count). The number of nitrogens with one attached hydrogen (secondary N) is 2. The Morgan fingerprint density at radius 1 is 1.33 bits per heavy atom. The smallest absolute Gasteiger partial charge is 0.243 e. The highest BCUT2D eigenvalue weighted by atomic mass is 79.9. The summed E-state index contributed by atoms with van der Waals surface area (Å²) in [6.07, 6.45) is 0. The van der Waals surface area contributed by atoms with E-state index in [4.69, 9.17) is 5.73 Å². The van der Waals surface area contributed by atoms with Crippen molar-refractivity contribution < 1.29 is 9.59 Å². The first-order chi connectivity index (χ1) is 8.02. The number of benzene rings is 1. The van der Waals surface area contributed by atoms with Gasteiger partial charge in [-0.05, 0) is 30.7 Å². The minimum Gasteiger partial charge on any atom is -0.346 e. The summed E-state index contributed by atoms with van der Waals surface area (Å²) in [5.74, 6) is -0.634. The third-order valence-electron chi connectivity index (χ3n) is 2.09. The molecule has 0 spiro atoms. The Morgan fingerprint density at radius 3 is 2.56 bits per heavy atom. The Morgan fingerprint density at radius 2 is 2.00 bits per heavy atom. The first-order valence-corrected chi connectivity index (χ1v) is 5.85. The van der Waals surface area contributed by atoms with Crippen molar-refractivity contribution in [3.05, 3.63) is 28.2 Å². The average Bonchev–Trinajstić information content (AvgIpc) is 2.29. The van der Waals surface area contributed by atoms with E-state index in [1.807, 2.05) is 19.1 Å². The highest BCUT2D eigenvalue weighted by molar-refractivity contribution is 9.10. The monoisotopic (exact) mass is 335 g/mol. The van der Waals surface area contributed by atoms with Crippen molar-refractivity contribution in [3.63, 3.8) is 0 Å². The van der Waals surface area contributed by atoms with Gasteiger partial charge >= 0.3 is 0 Å². The predicted octanol–water partition coefficient (Wildman–Crippen LogP) is 1.19. The topological polar surface area (TPSA) is 84.2 Å². The highest BCUT2D eigenvalue weighted by Gasteiger charge is 2.06. The molecule has 5 nitrogen and oxygen atoms in total. The van der Waals surface area contributed by atoms with Crippen molar-refractivity contribution in [2.24, 2.45) is 5.73 Å². The fraction of sp³-hybridized carbons (Fsp3) is 0.273. The normalized spacial score (nSPS) is 9.28. The first kappa shape index (κ1) is 16.9. The number of hydrogen-bond acceptors (Lipinski definition) is 3. The second-order valence-electron chi connectivity index (χ2n) is 3.49. The van der Waals surface area contributed by atoms with Crippen molar-refractivity contribution >= 4 is 45.8 Å². The third-order valence-corrected chi connectivity index (χ3v) is 2.59. The zero-order valence-electron chi connectivity index (χ0n) is 9.83. The summed E-state index contributed by atoms with van der Waals surface area (Å²) < 4.78 is 0.949. The van der Waals surface area contributed by atoms with E-state index in [0.29, 0.717) is 0 Å². The summed E-state index contributed by atoms with van der Waals surface area (Å²) in [5, 5.41) is 5.10. The van der Waals surface area contributed by atoms with Gasteiger partial charge in [0.2, 0.25) is 11.8 Å². The lowest BCUT2D eigenvalue weighted by Gasteiger charge is -2.09. The van der Waals surface area contributed by atoms with Crippen LogP contribution in [0.2, 0.25) is 0 Å². The van der Waals surface area contributed by atoms with Gasteiger partial charge in [0.25, 0.3) is 0 Å². The molecule has 0 saturated carbocycles. The molecule has 0 radical (unpaired) electrons. The van der Waals surface area contributed by atoms with Crippen LogP contribution in [-0.4, -0.2) is 24.9 Å². The number of aryl methyl sites for hydroxylation is 1. The van der Waals surface area contributed by atoms with Crippen LogP contribution in [0.15, 0.2) is 22.7 Å². The Bertz CT molecular complexity index is 440. The molecule has 0 bridgehead atoms. The molecule has 0 aliphatic carbocycles. The van der Waals surface area contributed by atoms with E-state index in [1.165, 1.54) is 0 Å². The van der Waals surface area contributed by atoms with E-state index in [-0.39, 0.29) is 37.3 Å². The number of amides is 2. The first-order valence-electron chi connectivity index (χ1n) is 5.05. The summed E-state index contributed by atoms with van der Waals surface area (Å²) in [5.41, 5.74) is 6.77. The van der Waals surface area contributed by atoms with Gasteiger partial charge < -0.3 is 16.4 Å². The second-order valence-corrected chi connectivity index (χ2v) is 4.40. The predicted molar refractivity (Wildman–Crippen MR) is 76.8 cm³/mol. The average molecular weight is 337 g/mol. The van der Waals surface area contributed by atoms with Gasteiger partial charge in [0, 0.05) is 10.2 Å². The number of halogens is 2. The van der Waals surface area contributed by atoms with Gasteiger partial charge in [-0.2, -0.15) is 0 Å². The van der Waals surface area contributed by atoms with Gasteiger partial charge in [-0.25, -0.2) is 0 Å². The Balaban J connectivity index is 0.00000289. The van der Waals surface area contributed by atoms with E-state index >= 15 is 0 Å². The van der Waals surface area contributed by atoms with Gasteiger partial charge in [-0.15, -0.1) is 12.4 Å². The summed E-state index contributed by atoms with van der Waals surface area (Å²) in [4.78, 5) is 22.3. The molecular formula is C11H15BrClN3O2. The third kappa shape index (κ3) is 5.48. The van der Waals surface area contributed by atoms with Crippen molar-refractivity contribution in [2.45, 2.75) is 6.92 Å². The zero-order valence-corrected chi connectivity index (χ0v) is 12.2.